The van der Waals surface area contributed by atoms with Gasteiger partial charge in [-0.1, -0.05) is 17.4 Å². The molecule has 1 aliphatic rings. The van der Waals surface area contributed by atoms with Crippen molar-refractivity contribution >= 4 is 34.0 Å². The number of nitrogens with zero attached hydrogens (tertiary/aromatic N) is 3. The van der Waals surface area contributed by atoms with Gasteiger partial charge in [0.05, 0.1) is 22.7 Å². The molecule has 0 bridgehead atoms. The highest BCUT2D eigenvalue weighted by atomic mass is 32.1. The van der Waals surface area contributed by atoms with Gasteiger partial charge in [-0.2, -0.15) is 0 Å². The van der Waals surface area contributed by atoms with E-state index in [1.165, 1.54) is 12.3 Å². The number of anilines is 2. The van der Waals surface area contributed by atoms with Crippen molar-refractivity contribution in [2.24, 2.45) is 0 Å². The molecular weight excluding hydrogens is 533 g/mol. The van der Waals surface area contributed by atoms with E-state index in [1.807, 2.05) is 11.9 Å². The Balaban J connectivity index is 1.50. The van der Waals surface area contributed by atoms with Crippen LogP contribution in [0.2, 0.25) is 0 Å². The molecule has 2 N–H and O–H groups in total. The van der Waals surface area contributed by atoms with Crippen molar-refractivity contribution < 1.29 is 36.3 Å². The smallest absolute Gasteiger partial charge is 0.404 e. The Morgan fingerprint density at radius 1 is 1.05 bits per heavy atom. The molecule has 0 atom stereocenters. The zero-order chi connectivity index (χ0) is 27.4. The molecule has 0 radical (unpaired) electrons. The molecule has 0 saturated carbocycles. The minimum absolute atomic E-state index is 0.00363. The molecule has 2 heterocycles. The van der Waals surface area contributed by atoms with Crippen LogP contribution >= 0.6 is 11.3 Å². The van der Waals surface area contributed by atoms with Crippen molar-refractivity contribution in [3.63, 3.8) is 0 Å². The third kappa shape index (κ3) is 7.02. The summed E-state index contributed by atoms with van der Waals surface area (Å²) in [6.45, 7) is 2.67. The van der Waals surface area contributed by atoms with Crippen molar-refractivity contribution in [3.05, 3.63) is 59.8 Å². The van der Waals surface area contributed by atoms with Crippen LogP contribution < -0.4 is 15.4 Å². The van der Waals surface area contributed by atoms with Crippen LogP contribution in [0.25, 0.3) is 10.4 Å². The summed E-state index contributed by atoms with van der Waals surface area (Å²) < 4.78 is 70.9. The zero-order valence-corrected chi connectivity index (χ0v) is 20.8. The van der Waals surface area contributed by atoms with Crippen molar-refractivity contribution in [1.29, 1.82) is 0 Å². The Bertz CT molecular complexity index is 1300. The van der Waals surface area contributed by atoms with Gasteiger partial charge in [-0.3, -0.25) is 19.8 Å². The third-order valence-corrected chi connectivity index (χ3v) is 6.57. The quantitative estimate of drug-likeness (QED) is 0.420. The Labute approximate surface area is 218 Å². The highest BCUT2D eigenvalue weighted by Crippen LogP contribution is 2.34. The lowest BCUT2D eigenvalue weighted by Crippen LogP contribution is -2.47. The van der Waals surface area contributed by atoms with Gasteiger partial charge >= 0.3 is 6.36 Å². The Kier molecular flexibility index (Phi) is 8.23. The number of piperazine rings is 1. The van der Waals surface area contributed by atoms with Crippen LogP contribution in [0.4, 0.5) is 32.8 Å². The van der Waals surface area contributed by atoms with E-state index in [4.69, 9.17) is 0 Å². The first-order valence-corrected chi connectivity index (χ1v) is 12.1. The maximum Gasteiger partial charge on any atom is 0.573 e. The largest absolute Gasteiger partial charge is 0.573 e. The van der Waals surface area contributed by atoms with Crippen LogP contribution in [0.3, 0.4) is 0 Å². The maximum absolute atomic E-state index is 14.1. The number of benzene rings is 2. The number of alkyl halides is 3. The summed E-state index contributed by atoms with van der Waals surface area (Å²) in [6.07, 6.45) is -3.84. The van der Waals surface area contributed by atoms with Gasteiger partial charge in [0, 0.05) is 37.9 Å². The normalized spacial score (nSPS) is 14.8. The number of hydrogen-bond acceptors (Lipinski definition) is 7. The summed E-state index contributed by atoms with van der Waals surface area (Å²) in [4.78, 5) is 33.4. The minimum Gasteiger partial charge on any atom is -0.404 e. The van der Waals surface area contributed by atoms with Gasteiger partial charge in [-0.15, -0.1) is 13.2 Å². The van der Waals surface area contributed by atoms with E-state index in [1.54, 1.807) is 0 Å². The molecule has 8 nitrogen and oxygen atoms in total. The molecule has 38 heavy (non-hydrogen) atoms. The summed E-state index contributed by atoms with van der Waals surface area (Å²) in [5.41, 5.74) is -0.755. The molecule has 1 aliphatic heterocycles. The Hall–Kier alpha value is -3.62. The average molecular weight is 556 g/mol. The number of thiazole rings is 1. The first-order valence-electron chi connectivity index (χ1n) is 11.3. The highest BCUT2D eigenvalue weighted by Gasteiger charge is 2.33. The Morgan fingerprint density at radius 3 is 2.39 bits per heavy atom. The van der Waals surface area contributed by atoms with Crippen LogP contribution in [0.5, 0.6) is 5.75 Å². The molecule has 2 amide bonds. The van der Waals surface area contributed by atoms with E-state index < -0.39 is 35.6 Å². The number of hydrogen-bond donors (Lipinski definition) is 2. The SMILES string of the molecule is CN1CCN(CC(=O)Nc2cc(C(=O)Nc3ncc(-c4c(F)cccc4F)s3)ccc2OC(F)(F)F)CC1. The molecule has 0 spiro atoms. The number of halogens is 5. The van der Waals surface area contributed by atoms with Gasteiger partial charge in [0.1, 0.15) is 11.6 Å². The standard InChI is InChI=1S/C24H22F5N5O3S/c1-33-7-9-34(10-8-33)13-20(35)31-17-11-14(5-6-18(17)37-24(27,28)29)22(36)32-23-30-12-19(38-23)21-15(25)3-2-4-16(21)26/h2-6,11-12H,7-10,13H2,1H3,(H,31,35)(H,30,32,36). The van der Waals surface area contributed by atoms with Gasteiger partial charge in [0.25, 0.3) is 5.91 Å². The number of nitrogens with one attached hydrogen (secondary N) is 2. The molecule has 1 fully saturated rings. The zero-order valence-electron chi connectivity index (χ0n) is 19.9. The van der Waals surface area contributed by atoms with Crippen molar-refractivity contribution in [3.8, 4) is 16.2 Å². The predicted octanol–water partition coefficient (Wildman–Crippen LogP) is 4.43. The first kappa shape index (κ1) is 27.4. The monoisotopic (exact) mass is 555 g/mol. The van der Waals surface area contributed by atoms with E-state index in [2.05, 4.69) is 25.3 Å². The number of rotatable bonds is 7. The second kappa shape index (κ2) is 11.4. The number of ether oxygens (including phenoxy) is 1. The number of aromatic nitrogens is 1. The van der Waals surface area contributed by atoms with E-state index >= 15 is 0 Å². The molecule has 4 rings (SSSR count). The number of amides is 2. The predicted molar refractivity (Wildman–Crippen MR) is 131 cm³/mol. The molecule has 202 valence electrons. The van der Waals surface area contributed by atoms with Gasteiger partial charge < -0.3 is 15.0 Å². The molecule has 2 aromatic carbocycles. The van der Waals surface area contributed by atoms with Crippen LogP contribution in [0.1, 0.15) is 10.4 Å². The Morgan fingerprint density at radius 2 is 1.74 bits per heavy atom. The summed E-state index contributed by atoms with van der Waals surface area (Å²) in [7, 11) is 1.94. The molecule has 0 aliphatic carbocycles. The lowest BCUT2D eigenvalue weighted by molar-refractivity contribution is -0.274. The van der Waals surface area contributed by atoms with Gasteiger partial charge in [0.2, 0.25) is 5.91 Å². The third-order valence-electron chi connectivity index (χ3n) is 5.64. The molecule has 0 unspecified atom stereocenters. The summed E-state index contributed by atoms with van der Waals surface area (Å²) in [6, 6.07) is 6.42. The van der Waals surface area contributed by atoms with Crippen LogP contribution in [0.15, 0.2) is 42.6 Å². The highest BCUT2D eigenvalue weighted by molar-refractivity contribution is 7.19. The lowest BCUT2D eigenvalue weighted by Gasteiger charge is -2.31. The average Bonchev–Trinajstić information content (AvgIpc) is 3.28. The molecule has 3 aromatic rings. The lowest BCUT2D eigenvalue weighted by atomic mass is 10.1. The van der Waals surface area contributed by atoms with E-state index in [0.29, 0.717) is 13.1 Å². The first-order chi connectivity index (χ1) is 18.0. The van der Waals surface area contributed by atoms with E-state index in [-0.39, 0.29) is 33.4 Å². The fourth-order valence-corrected chi connectivity index (χ4v) is 4.59. The molecule has 14 heteroatoms. The summed E-state index contributed by atoms with van der Waals surface area (Å²) >= 11 is 0.808. The molecule has 1 saturated heterocycles. The van der Waals surface area contributed by atoms with E-state index in [9.17, 15) is 31.5 Å². The van der Waals surface area contributed by atoms with Gasteiger partial charge in [-0.05, 0) is 37.4 Å². The van der Waals surface area contributed by atoms with Crippen LogP contribution in [-0.4, -0.2) is 72.7 Å². The molecule has 1 aromatic heterocycles. The number of carbonyl (C=O) groups is 2. The van der Waals surface area contributed by atoms with Gasteiger partial charge in [-0.25, -0.2) is 13.8 Å². The second-order valence-corrected chi connectivity index (χ2v) is 9.50. The van der Waals surface area contributed by atoms with Crippen molar-refractivity contribution in [2.45, 2.75) is 6.36 Å². The van der Waals surface area contributed by atoms with Crippen molar-refractivity contribution in [2.75, 3.05) is 50.4 Å². The van der Waals surface area contributed by atoms with Crippen LogP contribution in [-0.2, 0) is 4.79 Å². The fraction of sp³-hybridized carbons (Fsp3) is 0.292. The molecular formula is C24H22F5N5O3S. The minimum atomic E-state index is -5.03. The van der Waals surface area contributed by atoms with Crippen LogP contribution in [0, 0.1) is 11.6 Å². The van der Waals surface area contributed by atoms with Gasteiger partial charge in [0.15, 0.2) is 10.9 Å². The second-order valence-electron chi connectivity index (χ2n) is 8.47. The summed E-state index contributed by atoms with van der Waals surface area (Å²) in [5, 5.41) is 4.84. The summed E-state index contributed by atoms with van der Waals surface area (Å²) in [5.74, 6) is -3.64. The topological polar surface area (TPSA) is 86.8 Å². The number of carbonyl (C=O) groups excluding carboxylic acids is 2. The maximum atomic E-state index is 14.1. The van der Waals surface area contributed by atoms with Crippen molar-refractivity contribution in [1.82, 2.24) is 14.8 Å². The number of likely N-dealkylation sites (N-methyl/N-ethyl adjacent to an activating group) is 1. The fourth-order valence-electron chi connectivity index (χ4n) is 3.73. The van der Waals surface area contributed by atoms with E-state index in [0.717, 1.165) is 54.8 Å².